The number of benzene rings is 2. The second-order valence-electron chi connectivity index (χ2n) is 5.78. The number of carbonyl (C=O) groups excluding carboxylic acids is 1. The number of imidazole rings is 1. The third kappa shape index (κ3) is 3.74. The molecular formula is C20H20FN3O2. The van der Waals surface area contributed by atoms with Gasteiger partial charge in [0.2, 0.25) is 0 Å². The van der Waals surface area contributed by atoms with Crippen LogP contribution in [-0.2, 0) is 7.05 Å². The molecule has 0 fully saturated rings. The first-order valence-corrected chi connectivity index (χ1v) is 8.35. The number of aryl methyl sites for hydroxylation is 1. The first-order valence-electron chi connectivity index (χ1n) is 8.35. The van der Waals surface area contributed by atoms with Crippen LogP contribution in [0.15, 0.2) is 60.9 Å². The number of rotatable bonds is 6. The van der Waals surface area contributed by atoms with Crippen molar-refractivity contribution in [3.8, 4) is 5.75 Å². The Morgan fingerprint density at radius 2 is 1.96 bits per heavy atom. The molecule has 26 heavy (non-hydrogen) atoms. The average Bonchev–Trinajstić information content (AvgIpc) is 3.07. The summed E-state index contributed by atoms with van der Waals surface area (Å²) in [6.45, 7) is 2.33. The molecule has 3 aromatic rings. The number of nitrogens with one attached hydrogen (secondary N) is 1. The van der Waals surface area contributed by atoms with E-state index in [1.165, 1.54) is 12.1 Å². The van der Waals surface area contributed by atoms with Gasteiger partial charge in [0, 0.05) is 19.4 Å². The molecule has 1 heterocycles. The summed E-state index contributed by atoms with van der Waals surface area (Å²) in [4.78, 5) is 17.2. The van der Waals surface area contributed by atoms with Gasteiger partial charge < -0.3 is 14.6 Å². The minimum Gasteiger partial charge on any atom is -0.493 e. The lowest BCUT2D eigenvalue weighted by Gasteiger charge is -2.20. The molecule has 134 valence electrons. The zero-order valence-electron chi connectivity index (χ0n) is 14.6. The van der Waals surface area contributed by atoms with Gasteiger partial charge in [-0.2, -0.15) is 0 Å². The van der Waals surface area contributed by atoms with Gasteiger partial charge in [0.25, 0.3) is 5.91 Å². The number of carbonyl (C=O) groups is 1. The highest BCUT2D eigenvalue weighted by Crippen LogP contribution is 2.24. The second-order valence-corrected chi connectivity index (χ2v) is 5.78. The van der Waals surface area contributed by atoms with E-state index < -0.39 is 6.04 Å². The van der Waals surface area contributed by atoms with Gasteiger partial charge in [-0.1, -0.05) is 24.3 Å². The summed E-state index contributed by atoms with van der Waals surface area (Å²) >= 11 is 0. The van der Waals surface area contributed by atoms with E-state index in [9.17, 15) is 9.18 Å². The Balaban J connectivity index is 1.95. The van der Waals surface area contributed by atoms with E-state index >= 15 is 0 Å². The van der Waals surface area contributed by atoms with Crippen LogP contribution in [0.5, 0.6) is 5.75 Å². The maximum Gasteiger partial charge on any atom is 0.255 e. The molecule has 1 N–H and O–H groups in total. The van der Waals surface area contributed by atoms with E-state index in [0.29, 0.717) is 23.7 Å². The van der Waals surface area contributed by atoms with Crippen LogP contribution in [0.2, 0.25) is 0 Å². The second kappa shape index (κ2) is 7.82. The van der Waals surface area contributed by atoms with Crippen molar-refractivity contribution in [2.24, 2.45) is 7.05 Å². The minimum absolute atomic E-state index is 0.286. The summed E-state index contributed by atoms with van der Waals surface area (Å²) in [5.74, 6) is 0.552. The van der Waals surface area contributed by atoms with E-state index in [0.717, 1.165) is 5.56 Å². The van der Waals surface area contributed by atoms with Gasteiger partial charge in [-0.25, -0.2) is 9.37 Å². The van der Waals surface area contributed by atoms with E-state index in [1.807, 2.05) is 24.6 Å². The van der Waals surface area contributed by atoms with Crippen molar-refractivity contribution in [3.05, 3.63) is 83.7 Å². The van der Waals surface area contributed by atoms with Crippen LogP contribution in [0.3, 0.4) is 0 Å². The van der Waals surface area contributed by atoms with Crippen molar-refractivity contribution < 1.29 is 13.9 Å². The summed E-state index contributed by atoms with van der Waals surface area (Å²) < 4.78 is 20.7. The maximum absolute atomic E-state index is 13.3. The lowest BCUT2D eigenvalue weighted by atomic mass is 10.0. The molecule has 0 aliphatic carbocycles. The van der Waals surface area contributed by atoms with E-state index in [1.54, 1.807) is 42.7 Å². The van der Waals surface area contributed by atoms with Crippen molar-refractivity contribution in [1.29, 1.82) is 0 Å². The predicted octanol–water partition coefficient (Wildman–Crippen LogP) is 3.48. The summed E-state index contributed by atoms with van der Waals surface area (Å²) in [5, 5.41) is 2.99. The smallest absolute Gasteiger partial charge is 0.255 e. The highest BCUT2D eigenvalue weighted by molar-refractivity contribution is 5.97. The summed E-state index contributed by atoms with van der Waals surface area (Å²) in [5.41, 5.74) is 1.18. The summed E-state index contributed by atoms with van der Waals surface area (Å²) in [7, 11) is 1.85. The van der Waals surface area contributed by atoms with E-state index in [4.69, 9.17) is 4.74 Å². The van der Waals surface area contributed by atoms with E-state index in [2.05, 4.69) is 10.3 Å². The molecule has 0 spiro atoms. The zero-order valence-corrected chi connectivity index (χ0v) is 14.6. The molecule has 0 aliphatic heterocycles. The van der Waals surface area contributed by atoms with Gasteiger partial charge >= 0.3 is 0 Å². The van der Waals surface area contributed by atoms with Crippen molar-refractivity contribution in [1.82, 2.24) is 14.9 Å². The average molecular weight is 353 g/mol. The molecule has 3 rings (SSSR count). The summed E-state index contributed by atoms with van der Waals surface area (Å²) in [6, 6.07) is 12.6. The van der Waals surface area contributed by atoms with Crippen LogP contribution in [0, 0.1) is 5.82 Å². The van der Waals surface area contributed by atoms with Gasteiger partial charge in [0.05, 0.1) is 12.2 Å². The third-order valence-corrected chi connectivity index (χ3v) is 4.03. The molecule has 5 nitrogen and oxygen atoms in total. The lowest BCUT2D eigenvalue weighted by Crippen LogP contribution is -2.31. The molecule has 1 atom stereocenters. The van der Waals surface area contributed by atoms with Gasteiger partial charge in [-0.15, -0.1) is 0 Å². The molecule has 1 amide bonds. The summed E-state index contributed by atoms with van der Waals surface area (Å²) in [6.07, 6.45) is 3.46. The monoisotopic (exact) mass is 353 g/mol. The van der Waals surface area contributed by atoms with Crippen molar-refractivity contribution >= 4 is 5.91 Å². The number of aromatic nitrogens is 2. The first-order chi connectivity index (χ1) is 12.6. The Kier molecular flexibility index (Phi) is 5.31. The van der Waals surface area contributed by atoms with Gasteiger partial charge in [-0.05, 0) is 36.8 Å². The quantitative estimate of drug-likeness (QED) is 0.738. The fourth-order valence-corrected chi connectivity index (χ4v) is 2.75. The first kappa shape index (κ1) is 17.7. The standard InChI is InChI=1S/C20H20FN3O2/c1-3-26-17-7-5-4-6-16(17)20(25)23-18(19-22-12-13-24(19)2)14-8-10-15(21)11-9-14/h4-13,18H,3H2,1-2H3,(H,23,25). The minimum atomic E-state index is -0.516. The Bertz CT molecular complexity index is 890. The Hall–Kier alpha value is -3.15. The van der Waals surface area contributed by atoms with Gasteiger partial charge in [0.15, 0.2) is 0 Å². The molecule has 1 unspecified atom stereocenters. The van der Waals surface area contributed by atoms with Crippen LogP contribution >= 0.6 is 0 Å². The molecule has 0 saturated carbocycles. The number of hydrogen-bond acceptors (Lipinski definition) is 3. The number of amides is 1. The molecule has 2 aromatic carbocycles. The third-order valence-electron chi connectivity index (χ3n) is 4.03. The molecule has 0 aliphatic rings. The fourth-order valence-electron chi connectivity index (χ4n) is 2.75. The number of halogens is 1. The normalized spacial score (nSPS) is 11.8. The number of para-hydroxylation sites is 1. The van der Waals surface area contributed by atoms with E-state index in [-0.39, 0.29) is 11.7 Å². The molecule has 1 aromatic heterocycles. The van der Waals surface area contributed by atoms with Crippen LogP contribution < -0.4 is 10.1 Å². The maximum atomic E-state index is 13.3. The molecule has 6 heteroatoms. The molecule has 0 bridgehead atoms. The predicted molar refractivity (Wildman–Crippen MR) is 96.5 cm³/mol. The lowest BCUT2D eigenvalue weighted by molar-refractivity contribution is 0.0937. The van der Waals surface area contributed by atoms with Crippen LogP contribution in [0.25, 0.3) is 0 Å². The van der Waals surface area contributed by atoms with Crippen LogP contribution in [-0.4, -0.2) is 22.1 Å². The Labute approximate surface area is 151 Å². The highest BCUT2D eigenvalue weighted by Gasteiger charge is 2.23. The zero-order chi connectivity index (χ0) is 18.5. The van der Waals surface area contributed by atoms with Crippen molar-refractivity contribution in [3.63, 3.8) is 0 Å². The largest absolute Gasteiger partial charge is 0.493 e. The van der Waals surface area contributed by atoms with Gasteiger partial charge in [0.1, 0.15) is 23.4 Å². The molecule has 0 saturated heterocycles. The Morgan fingerprint density at radius 1 is 1.23 bits per heavy atom. The highest BCUT2D eigenvalue weighted by atomic mass is 19.1. The SMILES string of the molecule is CCOc1ccccc1C(=O)NC(c1ccc(F)cc1)c1nccn1C. The number of ether oxygens (including phenoxy) is 1. The Morgan fingerprint density at radius 3 is 2.62 bits per heavy atom. The van der Waals surface area contributed by atoms with Crippen molar-refractivity contribution in [2.75, 3.05) is 6.61 Å². The van der Waals surface area contributed by atoms with Gasteiger partial charge in [-0.3, -0.25) is 4.79 Å². The fraction of sp³-hybridized carbons (Fsp3) is 0.200. The van der Waals surface area contributed by atoms with Crippen molar-refractivity contribution in [2.45, 2.75) is 13.0 Å². The number of nitrogens with zero attached hydrogens (tertiary/aromatic N) is 2. The molecular weight excluding hydrogens is 333 g/mol. The topological polar surface area (TPSA) is 56.1 Å². The van der Waals surface area contributed by atoms with Crippen LogP contribution in [0.1, 0.15) is 34.7 Å². The molecule has 0 radical (unpaired) electrons. The van der Waals surface area contributed by atoms with Crippen LogP contribution in [0.4, 0.5) is 4.39 Å². The number of hydrogen-bond donors (Lipinski definition) is 1.